The molecule has 0 bridgehead atoms. The van der Waals surface area contributed by atoms with Crippen LogP contribution < -0.4 is 4.57 Å². The van der Waals surface area contributed by atoms with Gasteiger partial charge < -0.3 is 0 Å². The molecule has 0 N–H and O–H groups in total. The first-order valence-corrected chi connectivity index (χ1v) is 8.53. The summed E-state index contributed by atoms with van der Waals surface area (Å²) in [7, 11) is 1.89. The Hall–Kier alpha value is -1.63. The van der Waals surface area contributed by atoms with Gasteiger partial charge in [-0.3, -0.25) is 0 Å². The fraction of sp³-hybridized carbons (Fsp3) is 0.522. The first-order chi connectivity index (χ1) is 12.9. The summed E-state index contributed by atoms with van der Waals surface area (Å²) in [5.74, 6) is 0. The van der Waals surface area contributed by atoms with Crippen LogP contribution in [0.4, 0.5) is 0 Å². The summed E-state index contributed by atoms with van der Waals surface area (Å²) in [6, 6.07) is 7.27. The number of aromatic nitrogens is 1. The van der Waals surface area contributed by atoms with Crippen LogP contribution in [0.1, 0.15) is 70.7 Å². The van der Waals surface area contributed by atoms with Crippen molar-refractivity contribution in [2.45, 2.75) is 67.1 Å². The Labute approximate surface area is 155 Å². The molecule has 24 heavy (non-hydrogen) atoms. The zero-order valence-corrected chi connectivity index (χ0v) is 16.3. The molecule has 0 radical (unpaired) electrons. The van der Waals surface area contributed by atoms with Gasteiger partial charge in [0.15, 0.2) is 6.20 Å². The smallest absolute Gasteiger partial charge is 0.201 e. The average Bonchev–Trinajstić information content (AvgIpc) is 2.52. The van der Waals surface area contributed by atoms with Crippen molar-refractivity contribution in [1.29, 1.82) is 0 Å². The Kier molecular flexibility index (Phi) is 3.36. The van der Waals surface area contributed by atoms with Crippen molar-refractivity contribution in [3.63, 3.8) is 0 Å². The number of hydrogen-bond acceptors (Lipinski definition) is 0. The quantitative estimate of drug-likeness (QED) is 0.624. The predicted molar refractivity (Wildman–Crippen MR) is 104 cm³/mol. The van der Waals surface area contributed by atoms with Crippen LogP contribution in [-0.2, 0) is 18.8 Å². The van der Waals surface area contributed by atoms with Crippen LogP contribution >= 0.6 is 0 Å². The largest absolute Gasteiger partial charge is 0.212 e. The maximum Gasteiger partial charge on any atom is 0.212 e. The van der Waals surface area contributed by atoms with E-state index in [1.54, 1.807) is 12.1 Å². The molecule has 1 nitrogen and oxygen atoms in total. The summed E-state index contributed by atoms with van der Waals surface area (Å²) in [5.41, 5.74) is 3.80. The van der Waals surface area contributed by atoms with Crippen molar-refractivity contribution in [3.05, 3.63) is 52.7 Å². The highest BCUT2D eigenvalue weighted by molar-refractivity contribution is 5.63. The number of aryl methyl sites for hydroxylation is 3. The fourth-order valence-electron chi connectivity index (χ4n) is 2.94. The van der Waals surface area contributed by atoms with Crippen molar-refractivity contribution < 1.29 is 11.4 Å². The summed E-state index contributed by atoms with van der Waals surface area (Å²) < 4.78 is 42.9. The first kappa shape index (κ1) is 12.7. The van der Waals surface area contributed by atoms with Crippen LogP contribution in [0.2, 0.25) is 0 Å². The lowest BCUT2D eigenvalue weighted by Gasteiger charge is -2.26. The van der Waals surface area contributed by atoms with Crippen molar-refractivity contribution in [1.82, 2.24) is 0 Å². The van der Waals surface area contributed by atoms with Gasteiger partial charge in [-0.2, -0.15) is 0 Å². The Morgan fingerprint density at radius 3 is 2.29 bits per heavy atom. The van der Waals surface area contributed by atoms with Crippen molar-refractivity contribution in [3.8, 4) is 11.3 Å². The zero-order chi connectivity index (χ0) is 22.6. The predicted octanol–water partition coefficient (Wildman–Crippen LogP) is 5.68. The van der Waals surface area contributed by atoms with Gasteiger partial charge in [0.05, 0.1) is 0 Å². The second-order valence-corrected chi connectivity index (χ2v) is 8.75. The van der Waals surface area contributed by atoms with Crippen LogP contribution in [-0.4, -0.2) is 0 Å². The molecule has 1 aromatic carbocycles. The molecule has 2 aromatic rings. The van der Waals surface area contributed by atoms with Crippen LogP contribution in [0.3, 0.4) is 0 Å². The Balaban J connectivity index is 2.85. The molecule has 0 atom stereocenters. The third-order valence-electron chi connectivity index (χ3n) is 4.11. The van der Waals surface area contributed by atoms with Gasteiger partial charge in [-0.15, -0.1) is 0 Å². The van der Waals surface area contributed by atoms with E-state index in [1.807, 2.05) is 57.6 Å². The number of benzene rings is 1. The molecule has 1 aromatic heterocycles. The molecule has 0 fully saturated rings. The monoisotopic (exact) mass is 329 g/mol. The van der Waals surface area contributed by atoms with Crippen molar-refractivity contribution >= 4 is 0 Å². The van der Waals surface area contributed by atoms with E-state index >= 15 is 0 Å². The van der Waals surface area contributed by atoms with Crippen LogP contribution in [0.25, 0.3) is 11.3 Å². The van der Waals surface area contributed by atoms with E-state index in [0.29, 0.717) is 11.1 Å². The second kappa shape index (κ2) is 6.35. The molecule has 0 aliphatic rings. The van der Waals surface area contributed by atoms with Gasteiger partial charge >= 0.3 is 0 Å². The molecule has 1 heterocycles. The van der Waals surface area contributed by atoms with E-state index in [-0.39, 0.29) is 5.41 Å². The molecule has 130 valence electrons. The lowest BCUT2D eigenvalue weighted by molar-refractivity contribution is -0.661. The summed E-state index contributed by atoms with van der Waals surface area (Å²) >= 11 is 0. The molecule has 0 amide bonds. The summed E-state index contributed by atoms with van der Waals surface area (Å²) in [6.07, 6.45) is 0.351. The minimum absolute atomic E-state index is 0.271. The lowest BCUT2D eigenvalue weighted by atomic mass is 9.78. The number of hydrogen-bond donors (Lipinski definition) is 0. The zero-order valence-electron chi connectivity index (χ0n) is 21.3. The average molecular weight is 330 g/mol. The van der Waals surface area contributed by atoms with Crippen LogP contribution in [0, 0.1) is 19.2 Å². The van der Waals surface area contributed by atoms with E-state index in [0.717, 1.165) is 22.4 Å². The Morgan fingerprint density at radius 2 is 1.75 bits per heavy atom. The van der Waals surface area contributed by atoms with Crippen LogP contribution in [0.15, 0.2) is 30.5 Å². The third kappa shape index (κ3) is 4.26. The van der Waals surface area contributed by atoms with Crippen molar-refractivity contribution in [2.24, 2.45) is 12.5 Å². The van der Waals surface area contributed by atoms with Gasteiger partial charge in [0.2, 0.25) is 5.69 Å². The molecule has 0 spiro atoms. The molecular formula is C23H34N+. The van der Waals surface area contributed by atoms with Gasteiger partial charge in [-0.25, -0.2) is 4.57 Å². The minimum atomic E-state index is -2.17. The van der Waals surface area contributed by atoms with Gasteiger partial charge in [0.1, 0.15) is 7.05 Å². The van der Waals surface area contributed by atoms with Gasteiger partial charge in [-0.05, 0) is 48.2 Å². The van der Waals surface area contributed by atoms with E-state index < -0.39 is 18.6 Å². The van der Waals surface area contributed by atoms with Crippen molar-refractivity contribution in [2.75, 3.05) is 0 Å². The third-order valence-corrected chi connectivity index (χ3v) is 4.11. The highest BCUT2D eigenvalue weighted by atomic mass is 14.9. The first-order valence-electron chi connectivity index (χ1n) is 11.0. The molecule has 1 heteroatoms. The second-order valence-electron chi connectivity index (χ2n) is 8.75. The van der Waals surface area contributed by atoms with Gasteiger partial charge in [0.25, 0.3) is 0 Å². The topological polar surface area (TPSA) is 3.88 Å². The van der Waals surface area contributed by atoms with Gasteiger partial charge in [-0.1, -0.05) is 59.2 Å². The number of pyridine rings is 1. The lowest BCUT2D eigenvalue weighted by Crippen LogP contribution is -2.34. The Morgan fingerprint density at radius 1 is 1.08 bits per heavy atom. The molecule has 0 aliphatic heterocycles. The molecule has 0 saturated heterocycles. The summed E-state index contributed by atoms with van der Waals surface area (Å²) in [6.45, 7) is 11.8. The van der Waals surface area contributed by atoms with E-state index in [2.05, 4.69) is 20.8 Å². The maximum atomic E-state index is 8.85. The normalized spacial score (nSPS) is 16.8. The number of rotatable bonds is 2. The van der Waals surface area contributed by atoms with Gasteiger partial charge in [0, 0.05) is 24.0 Å². The number of nitrogens with zero attached hydrogens (tertiary/aromatic N) is 1. The fourth-order valence-corrected chi connectivity index (χ4v) is 2.94. The van der Waals surface area contributed by atoms with E-state index in [4.69, 9.17) is 6.85 Å². The highest BCUT2D eigenvalue weighted by Gasteiger charge is 2.26. The molecule has 2 rings (SSSR count). The minimum Gasteiger partial charge on any atom is -0.201 e. The molecule has 0 aliphatic carbocycles. The van der Waals surface area contributed by atoms with E-state index in [1.165, 1.54) is 0 Å². The summed E-state index contributed by atoms with van der Waals surface area (Å²) in [4.78, 5) is 0. The SMILES string of the molecule is [2H]C([2H])([2H])c1ccc(C)c(-c2cc(C(C)(C)C)c(C([2H])([2H])C(C)(C)C)c[n+]2C)c1. The standard InChI is InChI=1S/C23H34N/c1-16-10-11-17(2)19(12-16)21-13-20(23(6,7)8)18(15-24(21)9)14-22(3,4)5/h10-13,15H,14H2,1-9H3/q+1/i1D3,14D2. The molecule has 0 saturated carbocycles. The molecule has 0 unspecified atom stereocenters. The molecular weight excluding hydrogens is 290 g/mol. The van der Waals surface area contributed by atoms with E-state index in [9.17, 15) is 0 Å². The summed E-state index contributed by atoms with van der Waals surface area (Å²) in [5, 5.41) is 0. The highest BCUT2D eigenvalue weighted by Crippen LogP contribution is 2.33. The Bertz CT molecular complexity index is 913. The maximum absolute atomic E-state index is 8.85. The van der Waals surface area contributed by atoms with Crippen LogP contribution in [0.5, 0.6) is 0 Å².